The maximum atomic E-state index is 12.2. The molecule has 114 valence electrons. The van der Waals surface area contributed by atoms with E-state index in [0.29, 0.717) is 18.5 Å². The van der Waals surface area contributed by atoms with Gasteiger partial charge in [-0.05, 0) is 43.5 Å². The Morgan fingerprint density at radius 1 is 1.27 bits per heavy atom. The van der Waals surface area contributed by atoms with Crippen LogP contribution < -0.4 is 10.6 Å². The molecule has 3 rings (SSSR count). The van der Waals surface area contributed by atoms with Crippen LogP contribution >= 0.6 is 0 Å². The summed E-state index contributed by atoms with van der Waals surface area (Å²) in [5.74, 6) is -0.350. The summed E-state index contributed by atoms with van der Waals surface area (Å²) in [6.45, 7) is 0.678. The Labute approximate surface area is 127 Å². The zero-order valence-electron chi connectivity index (χ0n) is 12.0. The van der Waals surface area contributed by atoms with Gasteiger partial charge < -0.3 is 10.6 Å². The fourth-order valence-electron chi connectivity index (χ4n) is 2.43. The third kappa shape index (κ3) is 3.13. The third-order valence-electron chi connectivity index (χ3n) is 3.65. The van der Waals surface area contributed by atoms with E-state index in [4.69, 9.17) is 0 Å². The molecule has 1 fully saturated rings. The first-order valence-corrected chi connectivity index (χ1v) is 7.28. The van der Waals surface area contributed by atoms with Crippen LogP contribution in [0.5, 0.6) is 0 Å². The lowest BCUT2D eigenvalue weighted by Gasteiger charge is -2.15. The number of hydrogen-bond donors (Lipinski definition) is 2. The van der Waals surface area contributed by atoms with Crippen LogP contribution in [0.15, 0.2) is 36.9 Å². The van der Waals surface area contributed by atoms with E-state index in [2.05, 4.69) is 20.7 Å². The van der Waals surface area contributed by atoms with E-state index in [9.17, 15) is 9.59 Å². The van der Waals surface area contributed by atoms with Crippen LogP contribution in [0.1, 0.15) is 29.6 Å². The number of nitrogens with zero attached hydrogens (tertiary/aromatic N) is 3. The summed E-state index contributed by atoms with van der Waals surface area (Å²) in [4.78, 5) is 28.0. The summed E-state index contributed by atoms with van der Waals surface area (Å²) in [6.07, 6.45) is 5.59. The van der Waals surface area contributed by atoms with Crippen LogP contribution in [0.2, 0.25) is 0 Å². The summed E-state index contributed by atoms with van der Waals surface area (Å²) < 4.78 is 1.61. The van der Waals surface area contributed by atoms with Gasteiger partial charge in [0.25, 0.3) is 5.91 Å². The SMILES string of the molecule is O=C(N[C@H]1CCCCNC1=O)c1ccc(-n2cncn2)cc1. The second-order valence-electron chi connectivity index (χ2n) is 5.20. The molecule has 0 saturated carbocycles. The first-order chi connectivity index (χ1) is 10.7. The predicted molar refractivity (Wildman–Crippen MR) is 79.5 cm³/mol. The Kier molecular flexibility index (Phi) is 4.13. The number of nitrogens with one attached hydrogen (secondary N) is 2. The van der Waals surface area contributed by atoms with E-state index in [-0.39, 0.29) is 11.8 Å². The minimum absolute atomic E-state index is 0.106. The molecule has 1 atom stereocenters. The Morgan fingerprint density at radius 3 is 2.82 bits per heavy atom. The van der Waals surface area contributed by atoms with E-state index in [1.807, 2.05) is 0 Å². The molecule has 1 aromatic heterocycles. The van der Waals surface area contributed by atoms with Gasteiger partial charge in [0.15, 0.2) is 0 Å². The highest BCUT2D eigenvalue weighted by atomic mass is 16.2. The molecule has 22 heavy (non-hydrogen) atoms. The first kappa shape index (κ1) is 14.2. The van der Waals surface area contributed by atoms with Gasteiger partial charge >= 0.3 is 0 Å². The van der Waals surface area contributed by atoms with Crippen molar-refractivity contribution < 1.29 is 9.59 Å². The molecule has 7 nitrogen and oxygen atoms in total. The summed E-state index contributed by atoms with van der Waals surface area (Å²) in [7, 11) is 0. The summed E-state index contributed by atoms with van der Waals surface area (Å²) >= 11 is 0. The minimum atomic E-state index is -0.454. The van der Waals surface area contributed by atoms with Crippen molar-refractivity contribution in [3.8, 4) is 5.69 Å². The Bertz CT molecular complexity index is 651. The summed E-state index contributed by atoms with van der Waals surface area (Å²) in [5, 5.41) is 9.63. The Morgan fingerprint density at radius 2 is 2.09 bits per heavy atom. The van der Waals surface area contributed by atoms with Crippen molar-refractivity contribution in [2.24, 2.45) is 0 Å². The molecule has 0 bridgehead atoms. The Balaban J connectivity index is 1.68. The third-order valence-corrected chi connectivity index (χ3v) is 3.65. The largest absolute Gasteiger partial charge is 0.354 e. The topological polar surface area (TPSA) is 88.9 Å². The lowest BCUT2D eigenvalue weighted by molar-refractivity contribution is -0.122. The number of benzene rings is 1. The van der Waals surface area contributed by atoms with Gasteiger partial charge in [0.05, 0.1) is 5.69 Å². The van der Waals surface area contributed by atoms with Crippen molar-refractivity contribution in [1.82, 2.24) is 25.4 Å². The smallest absolute Gasteiger partial charge is 0.251 e. The summed E-state index contributed by atoms with van der Waals surface area (Å²) in [5.41, 5.74) is 1.34. The van der Waals surface area contributed by atoms with Gasteiger partial charge in [0.2, 0.25) is 5.91 Å². The van der Waals surface area contributed by atoms with Gasteiger partial charge in [-0.15, -0.1) is 0 Å². The fraction of sp³-hybridized carbons (Fsp3) is 0.333. The maximum Gasteiger partial charge on any atom is 0.251 e. The summed E-state index contributed by atoms with van der Waals surface area (Å²) in [6, 6.07) is 6.54. The molecule has 7 heteroatoms. The highest BCUT2D eigenvalue weighted by Crippen LogP contribution is 2.10. The number of carbonyl (C=O) groups is 2. The van der Waals surface area contributed by atoms with Crippen molar-refractivity contribution in [2.45, 2.75) is 25.3 Å². The zero-order chi connectivity index (χ0) is 15.4. The Hall–Kier alpha value is -2.70. The zero-order valence-corrected chi connectivity index (χ0v) is 12.0. The van der Waals surface area contributed by atoms with Crippen LogP contribution in [0.4, 0.5) is 0 Å². The molecule has 1 aromatic carbocycles. The van der Waals surface area contributed by atoms with Crippen molar-refractivity contribution >= 4 is 11.8 Å². The molecule has 1 aliphatic rings. The molecule has 0 aliphatic carbocycles. The monoisotopic (exact) mass is 299 g/mol. The van der Waals surface area contributed by atoms with Gasteiger partial charge in [-0.2, -0.15) is 5.10 Å². The molecule has 1 aliphatic heterocycles. The molecule has 2 aromatic rings. The fourth-order valence-corrected chi connectivity index (χ4v) is 2.43. The van der Waals surface area contributed by atoms with Crippen molar-refractivity contribution in [3.63, 3.8) is 0 Å². The molecule has 0 radical (unpaired) electrons. The number of rotatable bonds is 3. The van der Waals surface area contributed by atoms with Gasteiger partial charge in [-0.25, -0.2) is 9.67 Å². The molecule has 1 saturated heterocycles. The molecule has 2 heterocycles. The predicted octanol–water partition coefficient (Wildman–Crippen LogP) is 0.666. The molecular formula is C15H17N5O2. The lowest BCUT2D eigenvalue weighted by Crippen LogP contribution is -2.45. The molecule has 0 unspecified atom stereocenters. The van der Waals surface area contributed by atoms with E-state index < -0.39 is 6.04 Å². The van der Waals surface area contributed by atoms with Crippen molar-refractivity contribution in [2.75, 3.05) is 6.54 Å². The van der Waals surface area contributed by atoms with Gasteiger partial charge in [0, 0.05) is 12.1 Å². The normalized spacial score (nSPS) is 18.4. The second kappa shape index (κ2) is 6.38. The quantitative estimate of drug-likeness (QED) is 0.871. The van der Waals surface area contributed by atoms with Gasteiger partial charge in [-0.3, -0.25) is 9.59 Å². The number of amides is 2. The maximum absolute atomic E-state index is 12.2. The highest BCUT2D eigenvalue weighted by molar-refractivity contribution is 5.97. The second-order valence-corrected chi connectivity index (χ2v) is 5.20. The lowest BCUT2D eigenvalue weighted by atomic mass is 10.1. The van der Waals surface area contributed by atoms with E-state index in [1.165, 1.54) is 6.33 Å². The van der Waals surface area contributed by atoms with Crippen molar-refractivity contribution in [1.29, 1.82) is 0 Å². The van der Waals surface area contributed by atoms with Crippen LogP contribution in [0.3, 0.4) is 0 Å². The number of hydrogen-bond acceptors (Lipinski definition) is 4. The average molecular weight is 299 g/mol. The number of aromatic nitrogens is 3. The number of carbonyl (C=O) groups excluding carboxylic acids is 2. The van der Waals surface area contributed by atoms with Crippen LogP contribution in [0, 0.1) is 0 Å². The van der Waals surface area contributed by atoms with Crippen LogP contribution in [-0.2, 0) is 4.79 Å². The van der Waals surface area contributed by atoms with Crippen LogP contribution in [0.25, 0.3) is 5.69 Å². The first-order valence-electron chi connectivity index (χ1n) is 7.28. The van der Waals surface area contributed by atoms with E-state index in [1.54, 1.807) is 35.3 Å². The standard InChI is InChI=1S/C15H17N5O2/c21-14(19-13-3-1-2-8-17-15(13)22)11-4-6-12(7-5-11)20-10-16-9-18-20/h4-7,9-10,13H,1-3,8H2,(H,17,22)(H,19,21)/t13-/m0/s1. The van der Waals surface area contributed by atoms with Gasteiger partial charge in [0.1, 0.15) is 18.7 Å². The molecule has 2 N–H and O–H groups in total. The molecule has 0 spiro atoms. The van der Waals surface area contributed by atoms with E-state index in [0.717, 1.165) is 18.5 Å². The van der Waals surface area contributed by atoms with Crippen LogP contribution in [-0.4, -0.2) is 39.2 Å². The molecular weight excluding hydrogens is 282 g/mol. The van der Waals surface area contributed by atoms with Crippen molar-refractivity contribution in [3.05, 3.63) is 42.5 Å². The van der Waals surface area contributed by atoms with Gasteiger partial charge in [-0.1, -0.05) is 0 Å². The molecule has 2 amide bonds. The van der Waals surface area contributed by atoms with E-state index >= 15 is 0 Å². The average Bonchev–Trinajstić information content (AvgIpc) is 3.00. The highest BCUT2D eigenvalue weighted by Gasteiger charge is 2.22. The minimum Gasteiger partial charge on any atom is -0.354 e.